The molecule has 0 aromatic heterocycles. The highest BCUT2D eigenvalue weighted by atomic mass is 35.5. The van der Waals surface area contributed by atoms with Crippen LogP contribution in [-0.4, -0.2) is 38.0 Å². The molecule has 0 spiro atoms. The second kappa shape index (κ2) is 6.91. The molecule has 1 atom stereocenters. The fraction of sp³-hybridized carbons (Fsp3) is 0.467. The van der Waals surface area contributed by atoms with Crippen molar-refractivity contribution in [2.75, 3.05) is 31.1 Å². The van der Waals surface area contributed by atoms with E-state index in [1.165, 1.54) is 0 Å². The van der Waals surface area contributed by atoms with E-state index >= 15 is 0 Å². The Morgan fingerprint density at radius 2 is 2.19 bits per heavy atom. The molecule has 21 heavy (non-hydrogen) atoms. The van der Waals surface area contributed by atoms with Gasteiger partial charge in [-0.15, -0.1) is 12.4 Å². The Morgan fingerprint density at radius 3 is 2.95 bits per heavy atom. The molecule has 1 fully saturated rings. The van der Waals surface area contributed by atoms with Crippen molar-refractivity contribution in [2.45, 2.75) is 12.8 Å². The van der Waals surface area contributed by atoms with Crippen LogP contribution < -0.4 is 15.5 Å². The SMILES string of the molecule is Cl.O=C(NCCN1C(=O)Cc2ccccc21)C1CCNC1. The van der Waals surface area contributed by atoms with Crippen LogP contribution in [-0.2, 0) is 16.0 Å². The summed E-state index contributed by atoms with van der Waals surface area (Å²) in [5.41, 5.74) is 2.05. The summed E-state index contributed by atoms with van der Waals surface area (Å²) in [6.07, 6.45) is 1.37. The van der Waals surface area contributed by atoms with Crippen LogP contribution in [0.2, 0.25) is 0 Å². The van der Waals surface area contributed by atoms with Crippen LogP contribution in [0.3, 0.4) is 0 Å². The first-order chi connectivity index (χ1) is 9.75. The minimum atomic E-state index is 0. The van der Waals surface area contributed by atoms with Gasteiger partial charge in [0.2, 0.25) is 11.8 Å². The number of carbonyl (C=O) groups excluding carboxylic acids is 2. The first-order valence-corrected chi connectivity index (χ1v) is 7.12. The molecular formula is C15H20ClN3O2. The molecule has 2 heterocycles. The fourth-order valence-electron chi connectivity index (χ4n) is 2.88. The van der Waals surface area contributed by atoms with E-state index in [4.69, 9.17) is 0 Å². The molecule has 2 aliphatic heterocycles. The van der Waals surface area contributed by atoms with Crippen molar-refractivity contribution in [3.63, 3.8) is 0 Å². The molecule has 0 bridgehead atoms. The Bertz CT molecular complexity index is 529. The van der Waals surface area contributed by atoms with Gasteiger partial charge in [0.25, 0.3) is 0 Å². The highest BCUT2D eigenvalue weighted by Crippen LogP contribution is 2.27. The predicted molar refractivity (Wildman–Crippen MR) is 83.7 cm³/mol. The second-order valence-electron chi connectivity index (χ2n) is 5.33. The van der Waals surface area contributed by atoms with E-state index in [2.05, 4.69) is 10.6 Å². The molecule has 114 valence electrons. The van der Waals surface area contributed by atoms with Gasteiger partial charge in [-0.2, -0.15) is 0 Å². The third kappa shape index (κ3) is 3.36. The molecule has 1 aromatic rings. The maximum atomic E-state index is 12.0. The molecular weight excluding hydrogens is 290 g/mol. The smallest absolute Gasteiger partial charge is 0.231 e. The molecule has 0 radical (unpaired) electrons. The van der Waals surface area contributed by atoms with Crippen LogP contribution in [0.1, 0.15) is 12.0 Å². The maximum Gasteiger partial charge on any atom is 0.231 e. The fourth-order valence-corrected chi connectivity index (χ4v) is 2.88. The Balaban J connectivity index is 0.00000161. The van der Waals surface area contributed by atoms with Crippen molar-refractivity contribution >= 4 is 29.9 Å². The van der Waals surface area contributed by atoms with Crippen LogP contribution >= 0.6 is 12.4 Å². The van der Waals surface area contributed by atoms with Gasteiger partial charge in [0.05, 0.1) is 12.3 Å². The highest BCUT2D eigenvalue weighted by molar-refractivity contribution is 6.01. The predicted octanol–water partition coefficient (Wildman–Crippen LogP) is 0.723. The summed E-state index contributed by atoms with van der Waals surface area (Å²) in [6.45, 7) is 2.73. The lowest BCUT2D eigenvalue weighted by molar-refractivity contribution is -0.124. The van der Waals surface area contributed by atoms with Crippen molar-refractivity contribution in [3.8, 4) is 0 Å². The summed E-state index contributed by atoms with van der Waals surface area (Å²) in [6, 6.07) is 7.83. The van der Waals surface area contributed by atoms with Crippen LogP contribution in [0.15, 0.2) is 24.3 Å². The van der Waals surface area contributed by atoms with E-state index in [1.54, 1.807) is 4.90 Å². The molecule has 3 rings (SSSR count). The number of benzene rings is 1. The van der Waals surface area contributed by atoms with E-state index in [0.717, 1.165) is 30.8 Å². The molecule has 5 nitrogen and oxygen atoms in total. The van der Waals surface area contributed by atoms with E-state index < -0.39 is 0 Å². The van der Waals surface area contributed by atoms with Crippen LogP contribution in [0, 0.1) is 5.92 Å². The molecule has 2 N–H and O–H groups in total. The number of anilines is 1. The number of hydrogen-bond donors (Lipinski definition) is 2. The average molecular weight is 310 g/mol. The number of carbonyl (C=O) groups is 2. The van der Waals surface area contributed by atoms with Gasteiger partial charge in [0.15, 0.2) is 0 Å². The second-order valence-corrected chi connectivity index (χ2v) is 5.33. The average Bonchev–Trinajstić information content (AvgIpc) is 3.07. The molecule has 0 aliphatic carbocycles. The standard InChI is InChI=1S/C15H19N3O2.ClH/c19-14-9-11-3-1-2-4-13(11)18(14)8-7-17-15(20)12-5-6-16-10-12;/h1-4,12,16H,5-10H2,(H,17,20);1H. The lowest BCUT2D eigenvalue weighted by Crippen LogP contribution is -2.39. The van der Waals surface area contributed by atoms with Crippen LogP contribution in [0.5, 0.6) is 0 Å². The highest BCUT2D eigenvalue weighted by Gasteiger charge is 2.27. The molecule has 2 amide bonds. The van der Waals surface area contributed by atoms with E-state index in [9.17, 15) is 9.59 Å². The van der Waals surface area contributed by atoms with Gasteiger partial charge in [-0.25, -0.2) is 0 Å². The molecule has 1 saturated heterocycles. The van der Waals surface area contributed by atoms with E-state index in [0.29, 0.717) is 19.5 Å². The van der Waals surface area contributed by atoms with Gasteiger partial charge in [0, 0.05) is 25.3 Å². The zero-order valence-electron chi connectivity index (χ0n) is 11.8. The number of para-hydroxylation sites is 1. The minimum Gasteiger partial charge on any atom is -0.354 e. The van der Waals surface area contributed by atoms with Crippen molar-refractivity contribution in [2.24, 2.45) is 5.92 Å². The van der Waals surface area contributed by atoms with Gasteiger partial charge < -0.3 is 15.5 Å². The monoisotopic (exact) mass is 309 g/mol. The third-order valence-corrected chi connectivity index (χ3v) is 3.99. The zero-order chi connectivity index (χ0) is 13.9. The first kappa shape index (κ1) is 15.8. The first-order valence-electron chi connectivity index (χ1n) is 7.12. The van der Waals surface area contributed by atoms with Crippen molar-refractivity contribution < 1.29 is 9.59 Å². The molecule has 6 heteroatoms. The summed E-state index contributed by atoms with van der Waals surface area (Å²) in [7, 11) is 0. The van der Waals surface area contributed by atoms with Crippen molar-refractivity contribution in [1.29, 1.82) is 0 Å². The van der Waals surface area contributed by atoms with Gasteiger partial charge in [-0.1, -0.05) is 18.2 Å². The molecule has 1 unspecified atom stereocenters. The van der Waals surface area contributed by atoms with Gasteiger partial charge >= 0.3 is 0 Å². The van der Waals surface area contributed by atoms with Crippen molar-refractivity contribution in [1.82, 2.24) is 10.6 Å². The lowest BCUT2D eigenvalue weighted by Gasteiger charge is -2.18. The number of hydrogen-bond acceptors (Lipinski definition) is 3. The van der Waals surface area contributed by atoms with Gasteiger partial charge in [-0.05, 0) is 24.6 Å². The Labute approximate surface area is 130 Å². The Hall–Kier alpha value is -1.59. The Kier molecular flexibility index (Phi) is 5.20. The minimum absolute atomic E-state index is 0. The van der Waals surface area contributed by atoms with Gasteiger partial charge in [0.1, 0.15) is 0 Å². The molecule has 2 aliphatic rings. The summed E-state index contributed by atoms with van der Waals surface area (Å²) in [4.78, 5) is 25.6. The summed E-state index contributed by atoms with van der Waals surface area (Å²) in [5.74, 6) is 0.287. The Morgan fingerprint density at radius 1 is 1.38 bits per heavy atom. The summed E-state index contributed by atoms with van der Waals surface area (Å²) < 4.78 is 0. The lowest BCUT2D eigenvalue weighted by atomic mass is 10.1. The molecule has 0 saturated carbocycles. The summed E-state index contributed by atoms with van der Waals surface area (Å²) in [5, 5.41) is 6.11. The van der Waals surface area contributed by atoms with E-state index in [-0.39, 0.29) is 30.1 Å². The number of nitrogens with zero attached hydrogens (tertiary/aromatic N) is 1. The normalized spacial score (nSPS) is 20.1. The molecule has 1 aromatic carbocycles. The number of rotatable bonds is 4. The maximum absolute atomic E-state index is 12.0. The third-order valence-electron chi connectivity index (χ3n) is 3.99. The largest absolute Gasteiger partial charge is 0.354 e. The quantitative estimate of drug-likeness (QED) is 0.862. The van der Waals surface area contributed by atoms with Crippen LogP contribution in [0.4, 0.5) is 5.69 Å². The number of halogens is 1. The topological polar surface area (TPSA) is 61.4 Å². The van der Waals surface area contributed by atoms with Gasteiger partial charge in [-0.3, -0.25) is 9.59 Å². The zero-order valence-corrected chi connectivity index (χ0v) is 12.6. The number of nitrogens with one attached hydrogen (secondary N) is 2. The van der Waals surface area contributed by atoms with Crippen molar-refractivity contribution in [3.05, 3.63) is 29.8 Å². The number of amides is 2. The summed E-state index contributed by atoms with van der Waals surface area (Å²) >= 11 is 0. The van der Waals surface area contributed by atoms with E-state index in [1.807, 2.05) is 24.3 Å². The van der Waals surface area contributed by atoms with Crippen LogP contribution in [0.25, 0.3) is 0 Å². The number of fused-ring (bicyclic) bond motifs is 1.